The molecule has 0 saturated heterocycles. The van der Waals surface area contributed by atoms with E-state index in [2.05, 4.69) is 11.7 Å². The van der Waals surface area contributed by atoms with Gasteiger partial charge in [0.15, 0.2) is 5.76 Å². The van der Waals surface area contributed by atoms with Crippen LogP contribution in [0.4, 0.5) is 0 Å². The number of benzene rings is 1. The minimum absolute atomic E-state index is 0.133. The maximum atomic E-state index is 11.0. The van der Waals surface area contributed by atoms with E-state index in [4.69, 9.17) is 4.74 Å². The second-order valence-corrected chi connectivity index (χ2v) is 5.60. The molecule has 1 aromatic carbocycles. The van der Waals surface area contributed by atoms with Crippen molar-refractivity contribution >= 4 is 5.97 Å². The van der Waals surface area contributed by atoms with Gasteiger partial charge in [-0.15, -0.1) is 0 Å². The fraction of sp³-hybridized carbons (Fsp3) is 0.500. The number of esters is 1. The van der Waals surface area contributed by atoms with Crippen LogP contribution in [0, 0.1) is 0 Å². The zero-order chi connectivity index (χ0) is 15.8. The van der Waals surface area contributed by atoms with Gasteiger partial charge >= 0.3 is 5.97 Å². The molecule has 0 radical (unpaired) electrons. The Labute approximate surface area is 131 Å². The summed E-state index contributed by atoms with van der Waals surface area (Å²) in [5.74, 6) is 0.145. The van der Waals surface area contributed by atoms with E-state index in [0.717, 1.165) is 12.5 Å². The smallest absolute Gasteiger partial charge is 0.337 e. The summed E-state index contributed by atoms with van der Waals surface area (Å²) in [7, 11) is 0. The molecule has 120 valence electrons. The molecule has 22 heavy (non-hydrogen) atoms. The summed E-state index contributed by atoms with van der Waals surface area (Å²) in [5.41, 5.74) is 1.27. The van der Waals surface area contributed by atoms with Crippen LogP contribution in [0.3, 0.4) is 0 Å². The minimum atomic E-state index is -1.30. The molecule has 0 fully saturated rings. The molecule has 0 aliphatic carbocycles. The van der Waals surface area contributed by atoms with E-state index < -0.39 is 12.3 Å². The molecule has 1 N–H and O–H groups in total. The van der Waals surface area contributed by atoms with E-state index in [9.17, 15) is 9.90 Å². The number of aryl methyl sites for hydroxylation is 1. The van der Waals surface area contributed by atoms with E-state index in [1.165, 1.54) is 44.1 Å². The fourth-order valence-electron chi connectivity index (χ4n) is 2.44. The number of carbonyl (C=O) groups excluding carboxylic acids is 1. The molecule has 1 heterocycles. The summed E-state index contributed by atoms with van der Waals surface area (Å²) >= 11 is 0. The standard InChI is InChI=1S/C18H24O4/c1-2-3-4-5-6-7-8-14-9-11-15(12-10-14)21-16-13-17(19)22-18(16)20/h9-13,18,20H,2-8H2,1H3. The Hall–Kier alpha value is -1.81. The third kappa shape index (κ3) is 5.19. The van der Waals surface area contributed by atoms with Gasteiger partial charge in [-0.25, -0.2) is 4.79 Å². The number of hydrogen-bond acceptors (Lipinski definition) is 4. The normalized spacial score (nSPS) is 17.3. The Bertz CT molecular complexity index is 504. The summed E-state index contributed by atoms with van der Waals surface area (Å²) in [4.78, 5) is 11.0. The van der Waals surface area contributed by atoms with E-state index in [1.54, 1.807) is 0 Å². The maximum Gasteiger partial charge on any atom is 0.337 e. The molecule has 0 saturated carbocycles. The van der Waals surface area contributed by atoms with Gasteiger partial charge in [0.05, 0.1) is 6.08 Å². The van der Waals surface area contributed by atoms with Crippen LogP contribution >= 0.6 is 0 Å². The quantitative estimate of drug-likeness (QED) is 0.558. The molecule has 1 unspecified atom stereocenters. The van der Waals surface area contributed by atoms with Crippen LogP contribution < -0.4 is 4.74 Å². The zero-order valence-corrected chi connectivity index (χ0v) is 13.1. The third-order valence-corrected chi connectivity index (χ3v) is 3.71. The lowest BCUT2D eigenvalue weighted by Crippen LogP contribution is -2.13. The number of ether oxygens (including phenoxy) is 2. The Morgan fingerprint density at radius 2 is 1.77 bits per heavy atom. The first kappa shape index (κ1) is 16.6. The van der Waals surface area contributed by atoms with Crippen molar-refractivity contribution in [1.82, 2.24) is 0 Å². The molecule has 1 aliphatic heterocycles. The molecule has 0 aromatic heterocycles. The van der Waals surface area contributed by atoms with Crippen LogP contribution in [-0.2, 0) is 16.0 Å². The number of aliphatic hydroxyl groups is 1. The zero-order valence-electron chi connectivity index (χ0n) is 13.1. The van der Waals surface area contributed by atoms with Gasteiger partial charge in [-0.1, -0.05) is 51.2 Å². The van der Waals surface area contributed by atoms with Gasteiger partial charge in [-0.05, 0) is 30.5 Å². The van der Waals surface area contributed by atoms with E-state index in [-0.39, 0.29) is 5.76 Å². The first-order chi connectivity index (χ1) is 10.7. The second-order valence-electron chi connectivity index (χ2n) is 5.60. The summed E-state index contributed by atoms with van der Waals surface area (Å²) < 4.78 is 10.0. The predicted molar refractivity (Wildman–Crippen MR) is 84.3 cm³/mol. The molecule has 0 bridgehead atoms. The van der Waals surface area contributed by atoms with Gasteiger partial charge in [0.1, 0.15) is 5.75 Å². The van der Waals surface area contributed by atoms with Crippen LogP contribution in [-0.4, -0.2) is 17.4 Å². The van der Waals surface area contributed by atoms with Gasteiger partial charge in [0, 0.05) is 0 Å². The van der Waals surface area contributed by atoms with Crippen LogP contribution in [0.2, 0.25) is 0 Å². The molecular weight excluding hydrogens is 280 g/mol. The predicted octanol–water partition coefficient (Wildman–Crippen LogP) is 3.73. The van der Waals surface area contributed by atoms with E-state index in [0.29, 0.717) is 5.75 Å². The van der Waals surface area contributed by atoms with E-state index >= 15 is 0 Å². The molecule has 1 atom stereocenters. The highest BCUT2D eigenvalue weighted by molar-refractivity contribution is 5.85. The number of aliphatic hydroxyl groups excluding tert-OH is 1. The maximum absolute atomic E-state index is 11.0. The fourth-order valence-corrected chi connectivity index (χ4v) is 2.44. The average molecular weight is 304 g/mol. The van der Waals surface area contributed by atoms with Crippen LogP contribution in [0.25, 0.3) is 0 Å². The Balaban J connectivity index is 1.74. The lowest BCUT2D eigenvalue weighted by molar-refractivity contribution is -0.153. The first-order valence-corrected chi connectivity index (χ1v) is 8.06. The monoisotopic (exact) mass is 304 g/mol. The number of hydrogen-bond donors (Lipinski definition) is 1. The highest BCUT2D eigenvalue weighted by Gasteiger charge is 2.25. The number of cyclic esters (lactones) is 1. The highest BCUT2D eigenvalue weighted by atomic mass is 16.7. The van der Waals surface area contributed by atoms with Gasteiger partial charge < -0.3 is 14.6 Å². The largest absolute Gasteiger partial charge is 0.455 e. The minimum Gasteiger partial charge on any atom is -0.455 e. The van der Waals surface area contributed by atoms with E-state index in [1.807, 2.05) is 24.3 Å². The SMILES string of the molecule is CCCCCCCCc1ccc(OC2=CC(=O)OC2O)cc1. The summed E-state index contributed by atoms with van der Waals surface area (Å²) in [6, 6.07) is 7.74. The number of carbonyl (C=O) groups is 1. The molecule has 4 nitrogen and oxygen atoms in total. The molecule has 1 aromatic rings. The van der Waals surface area contributed by atoms with Crippen molar-refractivity contribution in [3.63, 3.8) is 0 Å². The van der Waals surface area contributed by atoms with Crippen LogP contribution in [0.15, 0.2) is 36.1 Å². The van der Waals surface area contributed by atoms with Crippen molar-refractivity contribution in [2.24, 2.45) is 0 Å². The molecule has 0 amide bonds. The van der Waals surface area contributed by atoms with Crippen molar-refractivity contribution in [3.8, 4) is 5.75 Å². The van der Waals surface area contributed by atoms with Crippen LogP contribution in [0.5, 0.6) is 5.75 Å². The number of unbranched alkanes of at least 4 members (excludes halogenated alkanes) is 5. The molecular formula is C18H24O4. The Morgan fingerprint density at radius 3 is 2.41 bits per heavy atom. The summed E-state index contributed by atoms with van der Waals surface area (Å²) in [6.45, 7) is 2.23. The topological polar surface area (TPSA) is 55.8 Å². The van der Waals surface area contributed by atoms with Crippen molar-refractivity contribution in [2.45, 2.75) is 58.2 Å². The molecule has 4 heteroatoms. The van der Waals surface area contributed by atoms with Gasteiger partial charge in [-0.2, -0.15) is 0 Å². The average Bonchev–Trinajstić information content (AvgIpc) is 2.82. The number of rotatable bonds is 9. The lowest BCUT2D eigenvalue weighted by Gasteiger charge is -2.10. The molecule has 1 aliphatic rings. The van der Waals surface area contributed by atoms with Gasteiger partial charge in [-0.3, -0.25) is 0 Å². The second kappa shape index (κ2) is 8.59. The summed E-state index contributed by atoms with van der Waals surface area (Å²) in [6.07, 6.45) is 8.68. The molecule has 0 spiro atoms. The highest BCUT2D eigenvalue weighted by Crippen LogP contribution is 2.21. The van der Waals surface area contributed by atoms with Gasteiger partial charge in [0.25, 0.3) is 6.29 Å². The van der Waals surface area contributed by atoms with Crippen molar-refractivity contribution in [1.29, 1.82) is 0 Å². The van der Waals surface area contributed by atoms with Crippen molar-refractivity contribution in [2.75, 3.05) is 0 Å². The third-order valence-electron chi connectivity index (χ3n) is 3.71. The lowest BCUT2D eigenvalue weighted by atomic mass is 10.0. The summed E-state index contributed by atoms with van der Waals surface area (Å²) in [5, 5.41) is 9.44. The first-order valence-electron chi connectivity index (χ1n) is 8.06. The van der Waals surface area contributed by atoms with Gasteiger partial charge in [0.2, 0.25) is 0 Å². The van der Waals surface area contributed by atoms with Crippen molar-refractivity contribution < 1.29 is 19.4 Å². The Kier molecular flexibility index (Phi) is 6.46. The Morgan fingerprint density at radius 1 is 1.09 bits per heavy atom. The van der Waals surface area contributed by atoms with Crippen molar-refractivity contribution in [3.05, 3.63) is 41.7 Å². The van der Waals surface area contributed by atoms with Crippen LogP contribution in [0.1, 0.15) is 51.0 Å². The molecule has 2 rings (SSSR count).